The van der Waals surface area contributed by atoms with Gasteiger partial charge in [0.25, 0.3) is 0 Å². The molecule has 0 bridgehead atoms. The summed E-state index contributed by atoms with van der Waals surface area (Å²) >= 11 is 3.12. The van der Waals surface area contributed by atoms with E-state index in [0.717, 1.165) is 62.7 Å². The third kappa shape index (κ3) is 15.7. The van der Waals surface area contributed by atoms with E-state index in [9.17, 15) is 13.2 Å². The number of benzene rings is 7. The van der Waals surface area contributed by atoms with Crippen molar-refractivity contribution in [1.29, 1.82) is 0 Å². The van der Waals surface area contributed by atoms with Crippen LogP contribution in [0.3, 0.4) is 0 Å². The van der Waals surface area contributed by atoms with E-state index in [4.69, 9.17) is 9.72 Å². The molecule has 64 heavy (non-hydrogen) atoms. The van der Waals surface area contributed by atoms with Gasteiger partial charge in [-0.1, -0.05) is 155 Å². The molecule has 0 atom stereocenters. The SMILES string of the molecule is C1CCOC1.Fc1c[c-]ccc1.Fc1cccc(-c2cnc(-c3ccccc3)c(-c3ccccc3)n2)c1.Fc1cccc(Br)c1.[Li+].c1ccc(-c2nccnc2-c2ccccc2)cc1. The molecule has 0 aliphatic carbocycles. The Bertz CT molecular complexity index is 2620. The molecule has 1 aliphatic heterocycles. The standard InChI is InChI=1S/C22H15FN2.C16H12N2.C6H4BrF.C6H4F.C4H8O.Li/c23-19-13-7-12-18(14-19)20-15-24-21(16-8-3-1-4-9-16)22(25-20)17-10-5-2-6-11-17;1-3-7-13(8-4-1)15-16(18-12-11-17-15)14-9-5-2-6-10-14;7-5-2-1-3-6(8)4-5;7-6-4-2-1-3-5-6;1-2-4-5-3-1;/h1-15H;1-12H;1-4H;1-2,4-5H;1-4H2;/q;;;-1;;+1. The van der Waals surface area contributed by atoms with E-state index in [1.54, 1.807) is 48.9 Å². The van der Waals surface area contributed by atoms with E-state index in [-0.39, 0.29) is 36.3 Å². The third-order valence-electron chi connectivity index (χ3n) is 9.06. The summed E-state index contributed by atoms with van der Waals surface area (Å²) in [4.78, 5) is 18.4. The van der Waals surface area contributed by atoms with Crippen LogP contribution in [0.1, 0.15) is 12.8 Å². The Kier molecular flexibility index (Phi) is 20.4. The van der Waals surface area contributed by atoms with Gasteiger partial charge in [-0.3, -0.25) is 19.3 Å². The zero-order chi connectivity index (χ0) is 43.9. The molecule has 10 heteroatoms. The molecule has 1 aliphatic rings. The van der Waals surface area contributed by atoms with E-state index >= 15 is 0 Å². The predicted molar refractivity (Wildman–Crippen MR) is 251 cm³/mol. The summed E-state index contributed by atoms with van der Waals surface area (Å²) in [6.45, 7) is 2.00. The summed E-state index contributed by atoms with van der Waals surface area (Å²) in [6, 6.07) is 61.3. The molecule has 0 amide bonds. The van der Waals surface area contributed by atoms with Crippen molar-refractivity contribution < 1.29 is 36.8 Å². The fraction of sp³-hybridized carbons (Fsp3) is 0.0741. The maximum absolute atomic E-state index is 13.6. The van der Waals surface area contributed by atoms with Crippen LogP contribution < -0.4 is 18.9 Å². The van der Waals surface area contributed by atoms with E-state index in [2.05, 4.69) is 61.2 Å². The number of ether oxygens (including phenoxy) is 1. The van der Waals surface area contributed by atoms with Crippen LogP contribution in [0.15, 0.2) is 217 Å². The second-order valence-corrected chi connectivity index (χ2v) is 14.6. The maximum atomic E-state index is 13.6. The summed E-state index contributed by atoms with van der Waals surface area (Å²) in [6.07, 6.45) is 7.72. The zero-order valence-electron chi connectivity index (χ0n) is 35.2. The van der Waals surface area contributed by atoms with Gasteiger partial charge in [0.1, 0.15) is 11.6 Å². The maximum Gasteiger partial charge on any atom is 1.00 e. The van der Waals surface area contributed by atoms with Crippen molar-refractivity contribution >= 4 is 15.9 Å². The molecule has 0 saturated carbocycles. The summed E-state index contributed by atoms with van der Waals surface area (Å²) in [5.74, 6) is -0.727. The van der Waals surface area contributed by atoms with Crippen LogP contribution in [-0.4, -0.2) is 33.1 Å². The Morgan fingerprint density at radius 3 is 1.27 bits per heavy atom. The van der Waals surface area contributed by atoms with Gasteiger partial charge < -0.3 is 4.74 Å². The molecule has 2 aromatic heterocycles. The molecule has 0 spiro atoms. The van der Waals surface area contributed by atoms with Gasteiger partial charge in [-0.25, -0.2) is 13.8 Å². The first-order valence-electron chi connectivity index (χ1n) is 20.2. The number of halogens is 4. The molecule has 314 valence electrons. The molecule has 0 unspecified atom stereocenters. The van der Waals surface area contributed by atoms with Crippen LogP contribution in [0, 0.1) is 23.5 Å². The first kappa shape index (κ1) is 48.6. The predicted octanol–water partition coefficient (Wildman–Crippen LogP) is 11.4. The van der Waals surface area contributed by atoms with Crippen LogP contribution >= 0.6 is 15.9 Å². The summed E-state index contributed by atoms with van der Waals surface area (Å²) in [5, 5.41) is 0. The van der Waals surface area contributed by atoms with Crippen molar-refractivity contribution in [2.75, 3.05) is 13.2 Å². The van der Waals surface area contributed by atoms with Crippen molar-refractivity contribution in [3.63, 3.8) is 0 Å². The summed E-state index contributed by atoms with van der Waals surface area (Å²) < 4.78 is 43.3. The second-order valence-electron chi connectivity index (χ2n) is 13.7. The number of hydrogen-bond acceptors (Lipinski definition) is 5. The normalized spacial score (nSPS) is 11.0. The minimum absolute atomic E-state index is 0. The molecular weight excluding hydrogens is 864 g/mol. The monoisotopic (exact) mass is 906 g/mol. The van der Waals surface area contributed by atoms with Crippen LogP contribution in [0.25, 0.3) is 56.3 Å². The molecule has 10 rings (SSSR count). The Balaban J connectivity index is 0.000000170. The second kappa shape index (κ2) is 26.9. The van der Waals surface area contributed by atoms with Crippen LogP contribution in [0.5, 0.6) is 0 Å². The van der Waals surface area contributed by atoms with Crippen LogP contribution in [-0.2, 0) is 4.74 Å². The molecule has 1 saturated heterocycles. The fourth-order valence-electron chi connectivity index (χ4n) is 6.07. The van der Waals surface area contributed by atoms with Gasteiger partial charge in [0.2, 0.25) is 0 Å². The van der Waals surface area contributed by atoms with E-state index in [1.807, 2.05) is 103 Å². The molecular formula is C54H43BrF3LiN4O. The Morgan fingerprint density at radius 2 is 0.891 bits per heavy atom. The van der Waals surface area contributed by atoms with Crippen molar-refractivity contribution in [3.05, 3.63) is 241 Å². The summed E-state index contributed by atoms with van der Waals surface area (Å²) in [7, 11) is 0. The Morgan fingerprint density at radius 1 is 0.453 bits per heavy atom. The third-order valence-corrected chi connectivity index (χ3v) is 9.56. The van der Waals surface area contributed by atoms with E-state index < -0.39 is 0 Å². The zero-order valence-corrected chi connectivity index (χ0v) is 36.8. The molecule has 5 nitrogen and oxygen atoms in total. The van der Waals surface area contributed by atoms with Gasteiger partial charge in [-0.05, 0) is 43.2 Å². The Labute approximate surface area is 393 Å². The average molecular weight is 908 g/mol. The molecule has 1 fully saturated rings. The van der Waals surface area contributed by atoms with Gasteiger partial charge in [-0.15, -0.1) is 12.1 Å². The van der Waals surface area contributed by atoms with Crippen LogP contribution in [0.4, 0.5) is 13.2 Å². The largest absolute Gasteiger partial charge is 1.00 e. The van der Waals surface area contributed by atoms with Gasteiger partial charge >= 0.3 is 18.9 Å². The topological polar surface area (TPSA) is 60.8 Å². The minimum atomic E-state index is -0.285. The van der Waals surface area contributed by atoms with Crippen molar-refractivity contribution in [1.82, 2.24) is 19.9 Å². The van der Waals surface area contributed by atoms with E-state index in [0.29, 0.717) is 11.3 Å². The molecule has 3 heterocycles. The molecule has 0 radical (unpaired) electrons. The fourth-order valence-corrected chi connectivity index (χ4v) is 6.45. The molecule has 0 N–H and O–H groups in total. The van der Waals surface area contributed by atoms with Gasteiger partial charge in [-0.2, -0.15) is 18.2 Å². The number of hydrogen-bond donors (Lipinski definition) is 0. The first-order valence-corrected chi connectivity index (χ1v) is 21.0. The van der Waals surface area contributed by atoms with Gasteiger partial charge in [0, 0.05) is 63.7 Å². The van der Waals surface area contributed by atoms with Gasteiger partial charge in [0.05, 0.1) is 34.7 Å². The minimum Gasteiger partial charge on any atom is -0.381 e. The van der Waals surface area contributed by atoms with Crippen molar-refractivity contribution in [2.45, 2.75) is 12.8 Å². The van der Waals surface area contributed by atoms with E-state index in [1.165, 1.54) is 49.2 Å². The summed E-state index contributed by atoms with van der Waals surface area (Å²) in [5.41, 5.74) is 8.96. The van der Waals surface area contributed by atoms with Crippen molar-refractivity contribution in [3.8, 4) is 56.3 Å². The average Bonchev–Trinajstić information content (AvgIpc) is 3.95. The number of rotatable bonds is 5. The smallest absolute Gasteiger partial charge is 0.381 e. The first-order chi connectivity index (χ1) is 30.9. The number of aromatic nitrogens is 4. The molecule has 7 aromatic carbocycles. The van der Waals surface area contributed by atoms with Crippen LogP contribution in [0.2, 0.25) is 0 Å². The quantitative estimate of drug-likeness (QED) is 0.127. The Hall–Kier alpha value is -6.47. The van der Waals surface area contributed by atoms with Gasteiger partial charge in [0.15, 0.2) is 0 Å². The van der Waals surface area contributed by atoms with Crippen molar-refractivity contribution in [2.24, 2.45) is 0 Å². The molecule has 9 aromatic rings. The number of nitrogens with zero attached hydrogens (tertiary/aromatic N) is 4.